The molecule has 1 saturated carbocycles. The lowest BCUT2D eigenvalue weighted by atomic mass is 9.97. The van der Waals surface area contributed by atoms with E-state index in [0.29, 0.717) is 17.1 Å². The summed E-state index contributed by atoms with van der Waals surface area (Å²) in [5.41, 5.74) is 0.746. The van der Waals surface area contributed by atoms with Crippen LogP contribution in [-0.2, 0) is 11.3 Å². The summed E-state index contributed by atoms with van der Waals surface area (Å²) in [4.78, 5) is 14.1. The van der Waals surface area contributed by atoms with Gasteiger partial charge in [-0.05, 0) is 49.4 Å². The van der Waals surface area contributed by atoms with Crippen LogP contribution in [0.15, 0.2) is 22.7 Å². The molecule has 1 aliphatic carbocycles. The van der Waals surface area contributed by atoms with E-state index in [1.807, 2.05) is 11.0 Å². The molecule has 1 heterocycles. The SMILES string of the molecule is O=C(NCc1cc(F)cc(Br)c1)N1CCC(OC2CCCCC2)CC1. The van der Waals surface area contributed by atoms with Crippen LogP contribution < -0.4 is 5.32 Å². The topological polar surface area (TPSA) is 41.6 Å². The van der Waals surface area contributed by atoms with Gasteiger partial charge in [0.1, 0.15) is 5.82 Å². The number of likely N-dealkylation sites (tertiary alicyclic amines) is 1. The summed E-state index contributed by atoms with van der Waals surface area (Å²) >= 11 is 3.27. The standard InChI is InChI=1S/C19H26BrFN2O2/c20-15-10-14(11-16(21)12-15)13-22-19(24)23-8-6-18(7-9-23)25-17-4-2-1-3-5-17/h10-12,17-18H,1-9,13H2,(H,22,24). The van der Waals surface area contributed by atoms with Crippen molar-refractivity contribution in [2.45, 2.75) is 63.7 Å². The van der Waals surface area contributed by atoms with Gasteiger partial charge < -0.3 is 15.0 Å². The quantitative estimate of drug-likeness (QED) is 0.783. The summed E-state index contributed by atoms with van der Waals surface area (Å²) in [6, 6.07) is 4.57. The summed E-state index contributed by atoms with van der Waals surface area (Å²) in [6.45, 7) is 1.76. The number of hydrogen-bond acceptors (Lipinski definition) is 2. The average Bonchev–Trinajstić information content (AvgIpc) is 2.60. The molecule has 0 unspecified atom stereocenters. The number of carbonyl (C=O) groups is 1. The van der Waals surface area contributed by atoms with Crippen LogP contribution in [0.4, 0.5) is 9.18 Å². The van der Waals surface area contributed by atoms with Gasteiger partial charge in [-0.25, -0.2) is 9.18 Å². The molecule has 2 aliphatic rings. The van der Waals surface area contributed by atoms with Crippen LogP contribution in [0.25, 0.3) is 0 Å². The molecule has 1 saturated heterocycles. The summed E-state index contributed by atoms with van der Waals surface area (Å²) in [5, 5.41) is 2.88. The molecular weight excluding hydrogens is 387 g/mol. The van der Waals surface area contributed by atoms with Crippen molar-refractivity contribution in [3.05, 3.63) is 34.1 Å². The van der Waals surface area contributed by atoms with Crippen LogP contribution in [0, 0.1) is 5.82 Å². The van der Waals surface area contributed by atoms with Crippen molar-refractivity contribution in [1.82, 2.24) is 10.2 Å². The number of ether oxygens (including phenoxy) is 1. The second kappa shape index (κ2) is 8.99. The minimum absolute atomic E-state index is 0.0866. The number of hydrogen-bond donors (Lipinski definition) is 1. The Balaban J connectivity index is 1.40. The molecule has 1 aromatic carbocycles. The molecule has 1 aliphatic heterocycles. The highest BCUT2D eigenvalue weighted by Crippen LogP contribution is 2.24. The minimum Gasteiger partial charge on any atom is -0.375 e. The highest BCUT2D eigenvalue weighted by molar-refractivity contribution is 9.10. The van der Waals surface area contributed by atoms with Crippen molar-refractivity contribution in [2.75, 3.05) is 13.1 Å². The van der Waals surface area contributed by atoms with E-state index in [0.717, 1.165) is 31.5 Å². The minimum atomic E-state index is -0.306. The van der Waals surface area contributed by atoms with Gasteiger partial charge in [0.25, 0.3) is 0 Å². The van der Waals surface area contributed by atoms with Crippen LogP contribution in [0.2, 0.25) is 0 Å². The van der Waals surface area contributed by atoms with E-state index in [1.54, 1.807) is 0 Å². The molecule has 6 heteroatoms. The van der Waals surface area contributed by atoms with Crippen LogP contribution in [0.5, 0.6) is 0 Å². The monoisotopic (exact) mass is 412 g/mol. The van der Waals surface area contributed by atoms with Crippen LogP contribution >= 0.6 is 15.9 Å². The number of piperidine rings is 1. The van der Waals surface area contributed by atoms with Gasteiger partial charge in [-0.1, -0.05) is 35.2 Å². The Morgan fingerprint density at radius 3 is 2.48 bits per heavy atom. The predicted molar refractivity (Wildman–Crippen MR) is 98.9 cm³/mol. The Morgan fingerprint density at radius 1 is 1.12 bits per heavy atom. The smallest absolute Gasteiger partial charge is 0.317 e. The summed E-state index contributed by atoms with van der Waals surface area (Å²) in [5.74, 6) is -0.306. The number of halogens is 2. The number of benzene rings is 1. The lowest BCUT2D eigenvalue weighted by molar-refractivity contribution is -0.0514. The van der Waals surface area contributed by atoms with E-state index in [9.17, 15) is 9.18 Å². The highest BCUT2D eigenvalue weighted by Gasteiger charge is 2.26. The van der Waals surface area contributed by atoms with Crippen molar-refractivity contribution in [3.63, 3.8) is 0 Å². The predicted octanol–water partition coefficient (Wildman–Crippen LogP) is 4.61. The van der Waals surface area contributed by atoms with Gasteiger partial charge in [0.15, 0.2) is 0 Å². The third-order valence-electron chi connectivity index (χ3n) is 5.03. The highest BCUT2D eigenvalue weighted by atomic mass is 79.9. The molecule has 0 radical (unpaired) electrons. The second-order valence-corrected chi connectivity index (χ2v) is 7.93. The Hall–Kier alpha value is -1.14. The number of urea groups is 1. The number of carbonyl (C=O) groups excluding carboxylic acids is 1. The number of nitrogens with one attached hydrogen (secondary N) is 1. The Labute approximate surface area is 157 Å². The zero-order chi connectivity index (χ0) is 17.6. The third kappa shape index (κ3) is 5.68. The van der Waals surface area contributed by atoms with Gasteiger partial charge in [-0.15, -0.1) is 0 Å². The molecule has 4 nitrogen and oxygen atoms in total. The van der Waals surface area contributed by atoms with Gasteiger partial charge in [-0.3, -0.25) is 0 Å². The van der Waals surface area contributed by atoms with E-state index in [2.05, 4.69) is 21.2 Å². The number of amides is 2. The van der Waals surface area contributed by atoms with Gasteiger partial charge >= 0.3 is 6.03 Å². The molecule has 2 amide bonds. The van der Waals surface area contributed by atoms with Crippen molar-refractivity contribution < 1.29 is 13.9 Å². The maximum Gasteiger partial charge on any atom is 0.317 e. The first-order valence-corrected chi connectivity index (χ1v) is 10.0. The molecule has 25 heavy (non-hydrogen) atoms. The van der Waals surface area contributed by atoms with E-state index in [4.69, 9.17) is 4.74 Å². The molecule has 3 rings (SSSR count). The molecule has 0 bridgehead atoms. The Kier molecular flexibility index (Phi) is 6.70. The molecular formula is C19H26BrFN2O2. The summed E-state index contributed by atoms with van der Waals surface area (Å²) in [6.07, 6.45) is 8.76. The molecule has 1 aromatic rings. The summed E-state index contributed by atoms with van der Waals surface area (Å²) < 4.78 is 20.3. The van der Waals surface area contributed by atoms with E-state index < -0.39 is 0 Å². The van der Waals surface area contributed by atoms with E-state index in [-0.39, 0.29) is 18.0 Å². The Bertz CT molecular complexity index is 565. The molecule has 138 valence electrons. The number of rotatable bonds is 4. The lowest BCUT2D eigenvalue weighted by Crippen LogP contribution is -2.46. The Morgan fingerprint density at radius 2 is 1.80 bits per heavy atom. The lowest BCUT2D eigenvalue weighted by Gasteiger charge is -2.34. The fraction of sp³-hybridized carbons (Fsp3) is 0.632. The van der Waals surface area contributed by atoms with Gasteiger partial charge in [0, 0.05) is 24.1 Å². The van der Waals surface area contributed by atoms with Crippen molar-refractivity contribution in [2.24, 2.45) is 0 Å². The molecule has 2 fully saturated rings. The van der Waals surface area contributed by atoms with Gasteiger partial charge in [-0.2, -0.15) is 0 Å². The van der Waals surface area contributed by atoms with Crippen LogP contribution in [0.1, 0.15) is 50.5 Å². The van der Waals surface area contributed by atoms with Crippen molar-refractivity contribution >= 4 is 22.0 Å². The zero-order valence-corrected chi connectivity index (χ0v) is 16.1. The molecule has 0 spiro atoms. The van der Waals surface area contributed by atoms with Crippen LogP contribution in [0.3, 0.4) is 0 Å². The fourth-order valence-corrected chi connectivity index (χ4v) is 4.18. The summed E-state index contributed by atoms with van der Waals surface area (Å²) in [7, 11) is 0. The third-order valence-corrected chi connectivity index (χ3v) is 5.49. The van der Waals surface area contributed by atoms with E-state index in [1.165, 1.54) is 44.2 Å². The average molecular weight is 413 g/mol. The van der Waals surface area contributed by atoms with Crippen molar-refractivity contribution in [1.29, 1.82) is 0 Å². The first kappa shape index (κ1) is 18.6. The van der Waals surface area contributed by atoms with Crippen molar-refractivity contribution in [3.8, 4) is 0 Å². The molecule has 0 aromatic heterocycles. The van der Waals surface area contributed by atoms with Gasteiger partial charge in [0.05, 0.1) is 12.2 Å². The maximum absolute atomic E-state index is 13.4. The van der Waals surface area contributed by atoms with E-state index >= 15 is 0 Å². The van der Waals surface area contributed by atoms with Crippen LogP contribution in [-0.4, -0.2) is 36.2 Å². The first-order valence-electron chi connectivity index (χ1n) is 9.23. The van der Waals surface area contributed by atoms with Gasteiger partial charge in [0.2, 0.25) is 0 Å². The second-order valence-electron chi connectivity index (χ2n) is 7.02. The zero-order valence-electron chi connectivity index (χ0n) is 14.5. The number of nitrogens with zero attached hydrogens (tertiary/aromatic N) is 1. The fourth-order valence-electron chi connectivity index (χ4n) is 3.67. The normalized spacial score (nSPS) is 19.8. The largest absolute Gasteiger partial charge is 0.375 e. The first-order chi connectivity index (χ1) is 12.1. The maximum atomic E-state index is 13.4. The molecule has 0 atom stereocenters. The molecule has 1 N–H and O–H groups in total.